The minimum absolute atomic E-state index is 0.0183. The highest BCUT2D eigenvalue weighted by Gasteiger charge is 2.08. The fourth-order valence-electron chi connectivity index (χ4n) is 1.20. The zero-order valence-electron chi connectivity index (χ0n) is 6.59. The molecule has 0 saturated carbocycles. The molecule has 0 spiro atoms. The van der Waals surface area contributed by atoms with Crippen LogP contribution in [0, 0.1) is 5.82 Å². The molecule has 0 saturated heterocycles. The van der Waals surface area contributed by atoms with Crippen LogP contribution in [0.3, 0.4) is 0 Å². The summed E-state index contributed by atoms with van der Waals surface area (Å²) >= 11 is 5.70. The average molecular weight is 197 g/mol. The van der Waals surface area contributed by atoms with E-state index in [2.05, 4.69) is 4.98 Å². The molecule has 4 heteroatoms. The summed E-state index contributed by atoms with van der Waals surface area (Å²) in [5, 5.41) is 0.693. The Hall–Kier alpha value is -1.35. The average Bonchev–Trinajstić information content (AvgIpc) is 2.15. The van der Waals surface area contributed by atoms with Gasteiger partial charge in [-0.1, -0.05) is 11.6 Å². The molecule has 0 fully saturated rings. The number of fused-ring (bicyclic) bond motifs is 1. The Balaban J connectivity index is 2.97. The Morgan fingerprint density at radius 2 is 2.23 bits per heavy atom. The van der Waals surface area contributed by atoms with Crippen molar-refractivity contribution in [3.63, 3.8) is 0 Å². The van der Waals surface area contributed by atoms with Gasteiger partial charge in [-0.25, -0.2) is 4.39 Å². The van der Waals surface area contributed by atoms with Crippen molar-refractivity contribution in [3.05, 3.63) is 35.2 Å². The molecule has 0 radical (unpaired) electrons. The molecular formula is C9H6ClFN2. The van der Waals surface area contributed by atoms with E-state index < -0.39 is 5.82 Å². The predicted octanol–water partition coefficient (Wildman–Crippen LogP) is 2.61. The number of nitrogens with zero attached hydrogens (tertiary/aromatic N) is 1. The van der Waals surface area contributed by atoms with Gasteiger partial charge in [-0.05, 0) is 18.2 Å². The van der Waals surface area contributed by atoms with Crippen molar-refractivity contribution in [3.8, 4) is 0 Å². The summed E-state index contributed by atoms with van der Waals surface area (Å²) in [4.78, 5) is 3.95. The maximum atomic E-state index is 13.1. The topological polar surface area (TPSA) is 38.9 Å². The van der Waals surface area contributed by atoms with E-state index in [4.69, 9.17) is 17.3 Å². The number of hydrogen-bond acceptors (Lipinski definition) is 2. The molecular weight excluding hydrogens is 191 g/mol. The Morgan fingerprint density at radius 1 is 1.46 bits per heavy atom. The lowest BCUT2D eigenvalue weighted by molar-refractivity contribution is 0.630. The van der Waals surface area contributed by atoms with Gasteiger partial charge in [-0.3, -0.25) is 4.98 Å². The summed E-state index contributed by atoms with van der Waals surface area (Å²) in [7, 11) is 0. The van der Waals surface area contributed by atoms with Crippen LogP contribution >= 0.6 is 11.6 Å². The van der Waals surface area contributed by atoms with E-state index in [0.717, 1.165) is 0 Å². The standard InChI is InChI=1S/C9H6ClFN2/c10-8-6(11)4-7(12)5-2-1-3-13-9(5)8/h1-4H,12H2. The van der Waals surface area contributed by atoms with E-state index >= 15 is 0 Å². The van der Waals surface area contributed by atoms with Crippen LogP contribution in [-0.4, -0.2) is 4.98 Å². The third-order valence-electron chi connectivity index (χ3n) is 1.82. The normalized spacial score (nSPS) is 10.6. The number of pyridine rings is 1. The van der Waals surface area contributed by atoms with E-state index in [1.165, 1.54) is 6.07 Å². The van der Waals surface area contributed by atoms with Gasteiger partial charge in [0.1, 0.15) is 10.8 Å². The number of benzene rings is 1. The van der Waals surface area contributed by atoms with E-state index in [-0.39, 0.29) is 5.02 Å². The molecule has 1 aromatic heterocycles. The molecule has 1 aromatic carbocycles. The van der Waals surface area contributed by atoms with Crippen LogP contribution in [0.2, 0.25) is 5.02 Å². The molecule has 0 aliphatic heterocycles. The summed E-state index contributed by atoms with van der Waals surface area (Å²) < 4.78 is 13.1. The Kier molecular flexibility index (Phi) is 1.81. The van der Waals surface area contributed by atoms with Crippen molar-refractivity contribution in [2.75, 3.05) is 5.73 Å². The molecule has 66 valence electrons. The molecule has 13 heavy (non-hydrogen) atoms. The molecule has 0 amide bonds. The van der Waals surface area contributed by atoms with Gasteiger partial charge in [0.15, 0.2) is 0 Å². The molecule has 0 atom stereocenters. The second kappa shape index (κ2) is 2.85. The van der Waals surface area contributed by atoms with Crippen molar-refractivity contribution < 1.29 is 4.39 Å². The summed E-state index contributed by atoms with van der Waals surface area (Å²) in [6, 6.07) is 4.68. The van der Waals surface area contributed by atoms with Crippen molar-refractivity contribution in [2.45, 2.75) is 0 Å². The van der Waals surface area contributed by atoms with Crippen LogP contribution in [0.1, 0.15) is 0 Å². The monoisotopic (exact) mass is 196 g/mol. The first kappa shape index (κ1) is 8.26. The van der Waals surface area contributed by atoms with Crippen LogP contribution in [0.25, 0.3) is 10.9 Å². The van der Waals surface area contributed by atoms with Crippen LogP contribution in [0.5, 0.6) is 0 Å². The highest BCUT2D eigenvalue weighted by atomic mass is 35.5. The summed E-state index contributed by atoms with van der Waals surface area (Å²) in [6.45, 7) is 0. The van der Waals surface area contributed by atoms with Crippen LogP contribution < -0.4 is 5.73 Å². The van der Waals surface area contributed by atoms with Crippen LogP contribution in [0.15, 0.2) is 24.4 Å². The highest BCUT2D eigenvalue weighted by Crippen LogP contribution is 2.28. The van der Waals surface area contributed by atoms with Crippen molar-refractivity contribution in [1.29, 1.82) is 0 Å². The molecule has 2 nitrogen and oxygen atoms in total. The van der Waals surface area contributed by atoms with E-state index in [0.29, 0.717) is 16.6 Å². The zero-order chi connectivity index (χ0) is 9.42. The summed E-state index contributed by atoms with van der Waals surface area (Å²) in [5.41, 5.74) is 6.34. The number of rotatable bonds is 0. The smallest absolute Gasteiger partial charge is 0.146 e. The minimum Gasteiger partial charge on any atom is -0.398 e. The molecule has 0 bridgehead atoms. The molecule has 2 rings (SSSR count). The van der Waals surface area contributed by atoms with E-state index in [1.54, 1.807) is 18.3 Å². The number of anilines is 1. The second-order valence-corrected chi connectivity index (χ2v) is 3.04. The zero-order valence-corrected chi connectivity index (χ0v) is 7.35. The van der Waals surface area contributed by atoms with Gasteiger partial charge in [0, 0.05) is 17.3 Å². The fraction of sp³-hybridized carbons (Fsp3) is 0. The summed E-state index contributed by atoms with van der Waals surface area (Å²) in [5.74, 6) is -0.537. The number of nitrogens with two attached hydrogens (primary N) is 1. The quantitative estimate of drug-likeness (QED) is 0.658. The number of nitrogen functional groups attached to an aromatic ring is 1. The van der Waals surface area contributed by atoms with Gasteiger partial charge in [0.25, 0.3) is 0 Å². The largest absolute Gasteiger partial charge is 0.398 e. The molecule has 0 aliphatic carbocycles. The van der Waals surface area contributed by atoms with Crippen LogP contribution in [-0.2, 0) is 0 Å². The first-order valence-electron chi connectivity index (χ1n) is 3.68. The lowest BCUT2D eigenvalue weighted by Crippen LogP contribution is -1.91. The van der Waals surface area contributed by atoms with Crippen molar-refractivity contribution in [1.82, 2.24) is 4.98 Å². The Bertz CT molecular complexity index is 470. The van der Waals surface area contributed by atoms with Gasteiger partial charge in [0.05, 0.1) is 5.52 Å². The molecule has 0 unspecified atom stereocenters. The van der Waals surface area contributed by atoms with E-state index in [9.17, 15) is 4.39 Å². The highest BCUT2D eigenvalue weighted by molar-refractivity contribution is 6.35. The Morgan fingerprint density at radius 3 is 3.00 bits per heavy atom. The number of halogens is 2. The van der Waals surface area contributed by atoms with Gasteiger partial charge < -0.3 is 5.73 Å². The van der Waals surface area contributed by atoms with E-state index in [1.807, 2.05) is 0 Å². The first-order chi connectivity index (χ1) is 6.20. The lowest BCUT2D eigenvalue weighted by Gasteiger charge is -2.03. The Labute approximate surface area is 79.1 Å². The predicted molar refractivity (Wildman–Crippen MR) is 51.1 cm³/mol. The molecule has 1 heterocycles. The lowest BCUT2D eigenvalue weighted by atomic mass is 10.2. The minimum atomic E-state index is -0.537. The SMILES string of the molecule is Nc1cc(F)c(Cl)c2ncccc12. The van der Waals surface area contributed by atoms with Crippen molar-refractivity contribution >= 4 is 28.2 Å². The van der Waals surface area contributed by atoms with Gasteiger partial charge >= 0.3 is 0 Å². The number of hydrogen-bond donors (Lipinski definition) is 1. The van der Waals surface area contributed by atoms with Crippen LogP contribution in [0.4, 0.5) is 10.1 Å². The summed E-state index contributed by atoms with van der Waals surface area (Å²) in [6.07, 6.45) is 1.55. The maximum absolute atomic E-state index is 13.1. The molecule has 2 aromatic rings. The van der Waals surface area contributed by atoms with Crippen molar-refractivity contribution in [2.24, 2.45) is 0 Å². The van der Waals surface area contributed by atoms with Gasteiger partial charge in [0.2, 0.25) is 0 Å². The second-order valence-electron chi connectivity index (χ2n) is 2.66. The fourth-order valence-corrected chi connectivity index (χ4v) is 1.41. The maximum Gasteiger partial charge on any atom is 0.146 e. The molecule has 0 aliphatic rings. The van der Waals surface area contributed by atoms with Gasteiger partial charge in [-0.15, -0.1) is 0 Å². The number of aromatic nitrogens is 1. The first-order valence-corrected chi connectivity index (χ1v) is 4.06. The molecule has 2 N–H and O–H groups in total. The third-order valence-corrected chi connectivity index (χ3v) is 2.18. The third kappa shape index (κ3) is 1.21. The van der Waals surface area contributed by atoms with Gasteiger partial charge in [-0.2, -0.15) is 0 Å².